The third-order valence-corrected chi connectivity index (χ3v) is 6.38. The smallest absolute Gasteiger partial charge is 0.241 e. The fourth-order valence-electron chi connectivity index (χ4n) is 2.71. The Balaban J connectivity index is 2.24. The van der Waals surface area contributed by atoms with Crippen LogP contribution in [0, 0.1) is 0 Å². The number of halogens is 3. The minimum atomic E-state index is -3.84. The van der Waals surface area contributed by atoms with Crippen LogP contribution in [0.4, 0.5) is 5.69 Å². The van der Waals surface area contributed by atoms with E-state index in [-0.39, 0.29) is 20.8 Å². The highest BCUT2D eigenvalue weighted by Crippen LogP contribution is 2.35. The molecule has 1 unspecified atom stereocenters. The van der Waals surface area contributed by atoms with Gasteiger partial charge in [-0.1, -0.05) is 40.9 Å². The lowest BCUT2D eigenvalue weighted by atomic mass is 10.1. The summed E-state index contributed by atoms with van der Waals surface area (Å²) in [5, 5.41) is 3.10. The Hall–Kier alpha value is -1.87. The molecule has 0 aromatic heterocycles. The first kappa shape index (κ1) is 24.4. The van der Waals surface area contributed by atoms with Gasteiger partial charge in [-0.2, -0.15) is 0 Å². The molecule has 0 radical (unpaired) electrons. The molecule has 0 aliphatic carbocycles. The van der Waals surface area contributed by atoms with Crippen LogP contribution in [0.3, 0.4) is 0 Å². The minimum Gasteiger partial charge on any atom is -0.493 e. The van der Waals surface area contributed by atoms with Crippen molar-refractivity contribution in [3.8, 4) is 11.5 Å². The molecule has 0 saturated carbocycles. The van der Waals surface area contributed by atoms with Gasteiger partial charge in [0.2, 0.25) is 15.9 Å². The Labute approximate surface area is 190 Å². The van der Waals surface area contributed by atoms with Crippen molar-refractivity contribution < 1.29 is 22.7 Å². The number of carbonyl (C=O) groups is 1. The zero-order valence-electron chi connectivity index (χ0n) is 16.7. The van der Waals surface area contributed by atoms with Gasteiger partial charge in [-0.15, -0.1) is 0 Å². The number of carbonyl (C=O) groups excluding carboxylic acids is 1. The molecular weight excluding hydrogens is 475 g/mol. The summed E-state index contributed by atoms with van der Waals surface area (Å²) in [5.41, 5.74) is 0.807. The maximum Gasteiger partial charge on any atom is 0.241 e. The fraction of sp³-hybridized carbons (Fsp3) is 0.316. The summed E-state index contributed by atoms with van der Waals surface area (Å²) in [4.78, 5) is 12.6. The Kier molecular flexibility index (Phi) is 8.10. The number of amides is 1. The third kappa shape index (κ3) is 5.85. The SMILES string of the molecule is COc1ccc(C(C)NC(=O)CN(c2cc(Cl)c(Cl)cc2Cl)S(C)(=O)=O)cc1OC. The van der Waals surface area contributed by atoms with E-state index < -0.39 is 28.5 Å². The van der Waals surface area contributed by atoms with Crippen LogP contribution < -0.4 is 19.1 Å². The van der Waals surface area contributed by atoms with Crippen molar-refractivity contribution in [2.24, 2.45) is 0 Å². The number of nitrogens with zero attached hydrogens (tertiary/aromatic N) is 1. The number of hydrogen-bond donors (Lipinski definition) is 1. The number of anilines is 1. The third-order valence-electron chi connectivity index (χ3n) is 4.23. The zero-order chi connectivity index (χ0) is 22.6. The van der Waals surface area contributed by atoms with Gasteiger partial charge in [-0.05, 0) is 36.8 Å². The van der Waals surface area contributed by atoms with Crippen LogP contribution in [0.2, 0.25) is 15.1 Å². The van der Waals surface area contributed by atoms with Crippen molar-refractivity contribution in [1.82, 2.24) is 5.32 Å². The van der Waals surface area contributed by atoms with Gasteiger partial charge in [0.15, 0.2) is 11.5 Å². The Morgan fingerprint density at radius 3 is 2.20 bits per heavy atom. The summed E-state index contributed by atoms with van der Waals surface area (Å²) in [6.07, 6.45) is 0.969. The summed E-state index contributed by atoms with van der Waals surface area (Å²) in [6.45, 7) is 1.27. The molecule has 7 nitrogen and oxygen atoms in total. The van der Waals surface area contributed by atoms with E-state index in [0.29, 0.717) is 11.5 Å². The average Bonchev–Trinajstić information content (AvgIpc) is 2.67. The molecule has 2 aromatic carbocycles. The van der Waals surface area contributed by atoms with Gasteiger partial charge in [-0.3, -0.25) is 9.10 Å². The van der Waals surface area contributed by atoms with Crippen molar-refractivity contribution >= 4 is 56.4 Å². The molecule has 1 amide bonds. The van der Waals surface area contributed by atoms with Gasteiger partial charge in [0.1, 0.15) is 6.54 Å². The molecule has 11 heteroatoms. The molecule has 0 aliphatic heterocycles. The summed E-state index contributed by atoms with van der Waals surface area (Å²) < 4.78 is 36.0. The molecule has 1 N–H and O–H groups in total. The second-order valence-electron chi connectivity index (χ2n) is 6.39. The number of benzene rings is 2. The molecule has 30 heavy (non-hydrogen) atoms. The van der Waals surface area contributed by atoms with Crippen LogP contribution in [-0.2, 0) is 14.8 Å². The van der Waals surface area contributed by atoms with Gasteiger partial charge in [-0.25, -0.2) is 8.42 Å². The molecule has 0 bridgehead atoms. The molecule has 1 atom stereocenters. The number of hydrogen-bond acceptors (Lipinski definition) is 5. The van der Waals surface area contributed by atoms with Crippen molar-refractivity contribution in [2.75, 3.05) is 31.3 Å². The van der Waals surface area contributed by atoms with Crippen molar-refractivity contribution in [1.29, 1.82) is 0 Å². The molecule has 2 rings (SSSR count). The summed E-state index contributed by atoms with van der Waals surface area (Å²) >= 11 is 18.1. The lowest BCUT2D eigenvalue weighted by Gasteiger charge is -2.24. The molecule has 0 saturated heterocycles. The van der Waals surface area contributed by atoms with Crippen LogP contribution in [0.5, 0.6) is 11.5 Å². The Bertz CT molecular complexity index is 1050. The largest absolute Gasteiger partial charge is 0.493 e. The zero-order valence-corrected chi connectivity index (χ0v) is 19.8. The van der Waals surface area contributed by atoms with Crippen molar-refractivity contribution in [3.05, 3.63) is 51.0 Å². The highest BCUT2D eigenvalue weighted by atomic mass is 35.5. The van der Waals surface area contributed by atoms with E-state index in [1.54, 1.807) is 25.1 Å². The molecule has 164 valence electrons. The number of nitrogens with one attached hydrogen (secondary N) is 1. The maximum atomic E-state index is 12.6. The number of rotatable bonds is 8. The molecule has 0 heterocycles. The first-order valence-corrected chi connectivity index (χ1v) is 11.6. The topological polar surface area (TPSA) is 84.9 Å². The predicted molar refractivity (Wildman–Crippen MR) is 120 cm³/mol. The molecule has 0 spiro atoms. The highest BCUT2D eigenvalue weighted by Gasteiger charge is 2.25. The van der Waals surface area contributed by atoms with Gasteiger partial charge in [0.05, 0.1) is 47.3 Å². The van der Waals surface area contributed by atoms with Gasteiger partial charge in [0, 0.05) is 0 Å². The summed E-state index contributed by atoms with van der Waals surface area (Å²) in [5.74, 6) is 0.526. The lowest BCUT2D eigenvalue weighted by Crippen LogP contribution is -2.41. The van der Waals surface area contributed by atoms with Gasteiger partial charge in [0.25, 0.3) is 0 Å². The fourth-order valence-corrected chi connectivity index (χ4v) is 4.26. The maximum absolute atomic E-state index is 12.6. The van der Waals surface area contributed by atoms with Crippen LogP contribution in [0.15, 0.2) is 30.3 Å². The Morgan fingerprint density at radius 2 is 1.63 bits per heavy atom. The standard InChI is InChI=1S/C19H21Cl3N2O5S/c1-11(12-5-6-17(28-2)18(7-12)29-3)23-19(25)10-24(30(4,26)27)16-9-14(21)13(20)8-15(16)22/h5-9,11H,10H2,1-4H3,(H,23,25). The van der Waals surface area contributed by atoms with E-state index in [4.69, 9.17) is 44.3 Å². The number of sulfonamides is 1. The van der Waals surface area contributed by atoms with E-state index >= 15 is 0 Å². The van der Waals surface area contributed by atoms with Crippen molar-refractivity contribution in [3.63, 3.8) is 0 Å². The normalized spacial score (nSPS) is 12.2. The quantitative estimate of drug-likeness (QED) is 0.552. The second kappa shape index (κ2) is 9.96. The first-order chi connectivity index (χ1) is 14.0. The van der Waals surface area contributed by atoms with Gasteiger partial charge < -0.3 is 14.8 Å². The molecular formula is C19H21Cl3N2O5S. The van der Waals surface area contributed by atoms with Crippen LogP contribution >= 0.6 is 34.8 Å². The number of ether oxygens (including phenoxy) is 2. The Morgan fingerprint density at radius 1 is 1.03 bits per heavy atom. The second-order valence-corrected chi connectivity index (χ2v) is 9.52. The van der Waals surface area contributed by atoms with Crippen molar-refractivity contribution in [2.45, 2.75) is 13.0 Å². The monoisotopic (exact) mass is 494 g/mol. The van der Waals surface area contributed by atoms with Gasteiger partial charge >= 0.3 is 0 Å². The number of methoxy groups -OCH3 is 2. The van der Waals surface area contributed by atoms with E-state index in [0.717, 1.165) is 16.1 Å². The van der Waals surface area contributed by atoms with Crippen LogP contribution in [0.25, 0.3) is 0 Å². The minimum absolute atomic E-state index is 0.0514. The molecule has 0 fully saturated rings. The summed E-state index contributed by atoms with van der Waals surface area (Å²) in [6, 6.07) is 7.42. The average molecular weight is 496 g/mol. The molecule has 2 aromatic rings. The lowest BCUT2D eigenvalue weighted by molar-refractivity contribution is -0.120. The highest BCUT2D eigenvalue weighted by molar-refractivity contribution is 7.92. The first-order valence-electron chi connectivity index (χ1n) is 8.61. The van der Waals surface area contributed by atoms with E-state index in [2.05, 4.69) is 5.32 Å². The van der Waals surface area contributed by atoms with E-state index in [1.165, 1.54) is 26.4 Å². The van der Waals surface area contributed by atoms with Crippen LogP contribution in [-0.4, -0.2) is 41.3 Å². The predicted octanol–water partition coefficient (Wildman–Crippen LogP) is 4.31. The van der Waals surface area contributed by atoms with E-state index in [9.17, 15) is 13.2 Å². The molecule has 0 aliphatic rings. The summed E-state index contributed by atoms with van der Waals surface area (Å²) in [7, 11) is -0.801. The van der Waals surface area contributed by atoms with Crippen LogP contribution in [0.1, 0.15) is 18.5 Å². The van der Waals surface area contributed by atoms with E-state index in [1.807, 2.05) is 0 Å².